The highest BCUT2D eigenvalue weighted by molar-refractivity contribution is 8.04. The van der Waals surface area contributed by atoms with Gasteiger partial charge in [0.15, 0.2) is 0 Å². The van der Waals surface area contributed by atoms with Gasteiger partial charge in [0.05, 0.1) is 12.7 Å². The molecule has 0 spiro atoms. The summed E-state index contributed by atoms with van der Waals surface area (Å²) in [6.45, 7) is 7.24. The number of thioether (sulfide) groups is 1. The number of hydrogen-bond donors (Lipinski definition) is 0. The molecule has 2 unspecified atom stereocenters. The summed E-state index contributed by atoms with van der Waals surface area (Å²) in [6, 6.07) is 0. The van der Waals surface area contributed by atoms with E-state index in [2.05, 4.69) is 20.8 Å². The molecule has 1 saturated heterocycles. The quantitative estimate of drug-likeness (QED) is 0.702. The molecule has 0 saturated carbocycles. The van der Waals surface area contributed by atoms with Crippen molar-refractivity contribution >= 4 is 11.8 Å². The summed E-state index contributed by atoms with van der Waals surface area (Å²) in [5, 5.41) is 0. The Hall–Kier alpha value is -0.150. The lowest BCUT2D eigenvalue weighted by Gasteiger charge is -2.23. The molecule has 0 aromatic rings. The second-order valence-corrected chi connectivity index (χ2v) is 5.84. The largest absolute Gasteiger partial charge is 0.497 e. The lowest BCUT2D eigenvalue weighted by molar-refractivity contribution is 0.0442. The first kappa shape index (κ1) is 10.4. The minimum Gasteiger partial charge on any atom is -0.497 e. The number of rotatable bonds is 2. The zero-order chi connectivity index (χ0) is 10.2. The fraction of sp³-hybridized carbons (Fsp3) is 0.818. The van der Waals surface area contributed by atoms with Gasteiger partial charge in [0.25, 0.3) is 0 Å². The maximum atomic E-state index is 5.93. The van der Waals surface area contributed by atoms with E-state index in [0.29, 0.717) is 6.10 Å². The maximum Gasteiger partial charge on any atom is 0.115 e. The molecule has 14 heavy (non-hydrogen) atoms. The highest BCUT2D eigenvalue weighted by Crippen LogP contribution is 2.46. The molecule has 0 aromatic heterocycles. The zero-order valence-electron chi connectivity index (χ0n) is 9.13. The molecule has 0 aromatic carbocycles. The van der Waals surface area contributed by atoms with Gasteiger partial charge >= 0.3 is 0 Å². The van der Waals surface area contributed by atoms with E-state index in [1.54, 1.807) is 0 Å². The van der Waals surface area contributed by atoms with Crippen molar-refractivity contribution in [2.24, 2.45) is 0 Å². The van der Waals surface area contributed by atoms with Crippen LogP contribution in [0.3, 0.4) is 0 Å². The van der Waals surface area contributed by atoms with Crippen molar-refractivity contribution in [1.82, 2.24) is 0 Å². The van der Waals surface area contributed by atoms with Crippen LogP contribution < -0.4 is 0 Å². The normalized spacial score (nSPS) is 37.8. The standard InChI is InChI=1S/C11H18O2S/c1-8-4-6-11(3,13-8)14-10-5-7-12-9(10)2/h8H,4-7H2,1-3H3. The average Bonchev–Trinajstić information content (AvgIpc) is 2.62. The van der Waals surface area contributed by atoms with Gasteiger partial charge in [-0.15, -0.1) is 0 Å². The van der Waals surface area contributed by atoms with E-state index in [9.17, 15) is 0 Å². The van der Waals surface area contributed by atoms with Crippen LogP contribution >= 0.6 is 11.8 Å². The van der Waals surface area contributed by atoms with Crippen LogP contribution in [-0.4, -0.2) is 17.6 Å². The summed E-state index contributed by atoms with van der Waals surface area (Å²) in [5.74, 6) is 1.10. The van der Waals surface area contributed by atoms with Gasteiger partial charge in [0.2, 0.25) is 0 Å². The Kier molecular flexibility index (Phi) is 2.80. The summed E-state index contributed by atoms with van der Waals surface area (Å²) >= 11 is 1.86. The van der Waals surface area contributed by atoms with Crippen LogP contribution in [0.1, 0.15) is 40.0 Å². The second kappa shape index (κ2) is 3.78. The van der Waals surface area contributed by atoms with Gasteiger partial charge in [0.1, 0.15) is 10.7 Å². The smallest absolute Gasteiger partial charge is 0.115 e. The highest BCUT2D eigenvalue weighted by atomic mass is 32.2. The molecular formula is C11H18O2S. The zero-order valence-corrected chi connectivity index (χ0v) is 9.95. The van der Waals surface area contributed by atoms with E-state index >= 15 is 0 Å². The molecule has 1 fully saturated rings. The van der Waals surface area contributed by atoms with Crippen molar-refractivity contribution in [3.8, 4) is 0 Å². The molecule has 2 rings (SSSR count). The molecule has 0 radical (unpaired) electrons. The van der Waals surface area contributed by atoms with E-state index in [1.807, 2.05) is 11.8 Å². The first-order valence-electron chi connectivity index (χ1n) is 5.28. The summed E-state index contributed by atoms with van der Waals surface area (Å²) in [6.07, 6.45) is 3.80. The van der Waals surface area contributed by atoms with Crippen LogP contribution in [0.5, 0.6) is 0 Å². The van der Waals surface area contributed by atoms with Gasteiger partial charge in [-0.3, -0.25) is 0 Å². The number of allylic oxidation sites excluding steroid dienone is 1. The molecule has 2 heterocycles. The summed E-state index contributed by atoms with van der Waals surface area (Å²) < 4.78 is 11.4. The molecule has 0 amide bonds. The fourth-order valence-electron chi connectivity index (χ4n) is 2.02. The first-order valence-corrected chi connectivity index (χ1v) is 6.10. The topological polar surface area (TPSA) is 18.5 Å². The highest BCUT2D eigenvalue weighted by Gasteiger charge is 2.36. The van der Waals surface area contributed by atoms with Crippen molar-refractivity contribution < 1.29 is 9.47 Å². The third kappa shape index (κ3) is 2.09. The van der Waals surface area contributed by atoms with Gasteiger partial charge < -0.3 is 9.47 Å². The molecule has 0 aliphatic carbocycles. The van der Waals surface area contributed by atoms with Gasteiger partial charge in [-0.05, 0) is 33.6 Å². The van der Waals surface area contributed by atoms with Crippen molar-refractivity contribution in [3.05, 3.63) is 10.7 Å². The minimum absolute atomic E-state index is 0.0102. The first-order chi connectivity index (χ1) is 6.59. The Morgan fingerprint density at radius 1 is 1.50 bits per heavy atom. The second-order valence-electron chi connectivity index (χ2n) is 4.28. The summed E-state index contributed by atoms with van der Waals surface area (Å²) in [4.78, 5) is 1.37. The Balaban J connectivity index is 2.00. The summed E-state index contributed by atoms with van der Waals surface area (Å²) in [5.41, 5.74) is 0. The van der Waals surface area contributed by atoms with E-state index in [0.717, 1.165) is 25.2 Å². The van der Waals surface area contributed by atoms with E-state index in [1.165, 1.54) is 11.3 Å². The Bertz CT molecular complexity index is 262. The molecule has 80 valence electrons. The van der Waals surface area contributed by atoms with Gasteiger partial charge in [-0.2, -0.15) is 0 Å². The van der Waals surface area contributed by atoms with Gasteiger partial charge in [-0.25, -0.2) is 0 Å². The average molecular weight is 214 g/mol. The van der Waals surface area contributed by atoms with Crippen LogP contribution in [0.15, 0.2) is 10.7 Å². The van der Waals surface area contributed by atoms with Gasteiger partial charge in [0, 0.05) is 11.3 Å². The Labute approximate surface area is 90.0 Å². The van der Waals surface area contributed by atoms with Crippen LogP contribution in [0.2, 0.25) is 0 Å². The number of hydrogen-bond acceptors (Lipinski definition) is 3. The van der Waals surface area contributed by atoms with Gasteiger partial charge in [-0.1, -0.05) is 11.8 Å². The monoisotopic (exact) mass is 214 g/mol. The van der Waals surface area contributed by atoms with Crippen LogP contribution in [-0.2, 0) is 9.47 Å². The molecule has 2 atom stereocenters. The fourth-order valence-corrected chi connectivity index (χ4v) is 3.36. The lowest BCUT2D eigenvalue weighted by atomic mass is 10.2. The predicted molar refractivity (Wildman–Crippen MR) is 59.0 cm³/mol. The van der Waals surface area contributed by atoms with Crippen LogP contribution in [0.25, 0.3) is 0 Å². The third-order valence-electron chi connectivity index (χ3n) is 2.83. The summed E-state index contributed by atoms with van der Waals surface area (Å²) in [7, 11) is 0. The number of ether oxygens (including phenoxy) is 2. The SMILES string of the molecule is CC1=C(SC2(C)CCC(C)O2)CCO1. The molecule has 2 nitrogen and oxygen atoms in total. The lowest BCUT2D eigenvalue weighted by Crippen LogP contribution is -2.19. The van der Waals surface area contributed by atoms with Crippen molar-refractivity contribution in [3.63, 3.8) is 0 Å². The predicted octanol–water partition coefficient (Wildman–Crippen LogP) is 3.29. The van der Waals surface area contributed by atoms with E-state index < -0.39 is 0 Å². The third-order valence-corrected chi connectivity index (χ3v) is 4.31. The minimum atomic E-state index is -0.0102. The van der Waals surface area contributed by atoms with E-state index in [4.69, 9.17) is 9.47 Å². The van der Waals surface area contributed by atoms with Crippen molar-refractivity contribution in [2.45, 2.75) is 51.1 Å². The van der Waals surface area contributed by atoms with Crippen LogP contribution in [0.4, 0.5) is 0 Å². The molecule has 0 bridgehead atoms. The van der Waals surface area contributed by atoms with Crippen LogP contribution in [0, 0.1) is 0 Å². The molecule has 2 aliphatic rings. The molecular weight excluding hydrogens is 196 g/mol. The molecule has 0 N–H and O–H groups in total. The molecule has 2 aliphatic heterocycles. The van der Waals surface area contributed by atoms with E-state index in [-0.39, 0.29) is 4.93 Å². The molecule has 3 heteroatoms. The van der Waals surface area contributed by atoms with Crippen molar-refractivity contribution in [2.75, 3.05) is 6.61 Å². The Morgan fingerprint density at radius 3 is 2.79 bits per heavy atom. The van der Waals surface area contributed by atoms with Crippen molar-refractivity contribution in [1.29, 1.82) is 0 Å². The maximum absolute atomic E-state index is 5.93. The Morgan fingerprint density at radius 2 is 2.29 bits per heavy atom.